The van der Waals surface area contributed by atoms with E-state index in [-0.39, 0.29) is 25.4 Å². The molecule has 0 aromatic carbocycles. The molecule has 3 aliphatic carbocycles. The van der Waals surface area contributed by atoms with Gasteiger partial charge in [-0.15, -0.1) is 0 Å². The summed E-state index contributed by atoms with van der Waals surface area (Å²) in [6.45, 7) is 8.68. The van der Waals surface area contributed by atoms with E-state index in [2.05, 4.69) is 0 Å². The number of ketones is 1. The van der Waals surface area contributed by atoms with Crippen LogP contribution in [0.4, 0.5) is 0 Å². The number of carbonyl (C=O) groups is 4. The number of methoxy groups -OCH3 is 1. The highest BCUT2D eigenvalue weighted by atomic mass is 16.6. The second-order valence-corrected chi connectivity index (χ2v) is 12.2. The van der Waals surface area contributed by atoms with Crippen LogP contribution in [0, 0.1) is 28.6 Å². The van der Waals surface area contributed by atoms with Crippen molar-refractivity contribution >= 4 is 23.7 Å². The Bertz CT molecular complexity index is 1200. The zero-order chi connectivity index (χ0) is 28.8. The van der Waals surface area contributed by atoms with Gasteiger partial charge >= 0.3 is 17.9 Å². The van der Waals surface area contributed by atoms with Crippen molar-refractivity contribution in [2.24, 2.45) is 28.6 Å². The number of hydrogen-bond acceptors (Lipinski definition) is 11. The van der Waals surface area contributed by atoms with Crippen molar-refractivity contribution < 1.29 is 53.4 Å². The van der Waals surface area contributed by atoms with Gasteiger partial charge in [-0.05, 0) is 37.2 Å². The molecule has 11 nitrogen and oxygen atoms in total. The van der Waals surface area contributed by atoms with Crippen LogP contribution in [0.15, 0.2) is 22.8 Å². The third kappa shape index (κ3) is 3.42. The maximum absolute atomic E-state index is 13.5. The van der Waals surface area contributed by atoms with Crippen molar-refractivity contribution in [2.75, 3.05) is 13.7 Å². The van der Waals surface area contributed by atoms with E-state index in [9.17, 15) is 34.5 Å². The number of hydrogen-bond donors (Lipinski definition) is 3. The number of rotatable bonds is 4. The third-order valence-corrected chi connectivity index (χ3v) is 10.2. The summed E-state index contributed by atoms with van der Waals surface area (Å²) < 4.78 is 22.7. The van der Waals surface area contributed by atoms with Gasteiger partial charge in [0.25, 0.3) is 0 Å². The molecule has 2 saturated carbocycles. The molecule has 214 valence electrons. The molecular weight excluding hydrogens is 512 g/mol. The molecule has 0 amide bonds. The number of aliphatic hydroxyl groups is 3. The van der Waals surface area contributed by atoms with E-state index in [1.165, 1.54) is 6.08 Å². The van der Waals surface area contributed by atoms with Crippen molar-refractivity contribution in [1.82, 2.24) is 0 Å². The zero-order valence-corrected chi connectivity index (χ0v) is 22.9. The first-order chi connectivity index (χ1) is 18.2. The lowest BCUT2D eigenvalue weighted by Crippen LogP contribution is -2.78. The minimum Gasteiger partial charge on any atom is -0.467 e. The number of esters is 3. The Kier molecular flexibility index (Phi) is 6.42. The van der Waals surface area contributed by atoms with Crippen molar-refractivity contribution in [3.8, 4) is 0 Å². The van der Waals surface area contributed by atoms with Crippen LogP contribution in [0.25, 0.3) is 0 Å². The average molecular weight is 549 g/mol. The third-order valence-electron chi connectivity index (χ3n) is 10.2. The molecule has 2 bridgehead atoms. The maximum atomic E-state index is 13.5. The number of fused-ring (bicyclic) bond motifs is 2. The fourth-order valence-electron chi connectivity index (χ4n) is 8.21. The number of Topliss-reactive ketones (excluding diaryl/α,β-unsaturated/α-hetero) is 1. The molecule has 1 spiro atoms. The fourth-order valence-corrected chi connectivity index (χ4v) is 8.21. The molecular formula is C28H36O11. The Morgan fingerprint density at radius 1 is 1.15 bits per heavy atom. The van der Waals surface area contributed by atoms with Gasteiger partial charge in [-0.25, -0.2) is 14.4 Å². The van der Waals surface area contributed by atoms with Gasteiger partial charge in [0.2, 0.25) is 11.7 Å². The second-order valence-electron chi connectivity index (χ2n) is 12.2. The molecule has 5 aliphatic rings. The fraction of sp³-hybridized carbons (Fsp3) is 0.714. The standard InChI is InChI=1S/C28H36O11/c1-11(2)12(3)7-17(30)39-20-22-27-10-37-28(22,25(35)36-6)23(33)19(32)21(27)26(5)9-15(29)18(31)13(4)14(26)8-16(27)38-24(20)34/h7,11,15-16,19-23,29,32-33H,8-10H2,1-6H3/b12-7+/t15-,16-,19-,20-,21-,22-,23+,26+,27-,28+/m1/s1. The summed E-state index contributed by atoms with van der Waals surface area (Å²) in [5, 5.41) is 34.0. The van der Waals surface area contributed by atoms with Gasteiger partial charge in [0.1, 0.15) is 18.3 Å². The summed E-state index contributed by atoms with van der Waals surface area (Å²) in [6.07, 6.45) is -6.11. The molecule has 11 heteroatoms. The number of carbonyl (C=O) groups excluding carboxylic acids is 4. The Balaban J connectivity index is 1.72. The van der Waals surface area contributed by atoms with E-state index in [1.807, 2.05) is 13.8 Å². The SMILES string of the molecule is COC(=O)[C@@]12OC[C@@]34[C@@H](CC5=C(C)C(=O)[C@H](O)C[C@]5(C)[C@H]3[C@@H](O)[C@@H]1O)OC(=O)[C@H](OC(=O)/C=C(\C)C(C)C)[C@@H]24. The quantitative estimate of drug-likeness (QED) is 0.253. The molecule has 2 saturated heterocycles. The summed E-state index contributed by atoms with van der Waals surface area (Å²) >= 11 is 0. The average Bonchev–Trinajstić information content (AvgIpc) is 3.18. The molecule has 5 rings (SSSR count). The van der Waals surface area contributed by atoms with Crippen molar-refractivity contribution in [3.05, 3.63) is 22.8 Å². The lowest BCUT2D eigenvalue weighted by atomic mass is 9.39. The van der Waals surface area contributed by atoms with Gasteiger partial charge < -0.3 is 34.3 Å². The number of aliphatic hydroxyl groups excluding tert-OH is 3. The van der Waals surface area contributed by atoms with E-state index >= 15 is 0 Å². The summed E-state index contributed by atoms with van der Waals surface area (Å²) in [5.41, 5.74) is -2.93. The zero-order valence-electron chi connectivity index (χ0n) is 22.9. The smallest absolute Gasteiger partial charge is 0.348 e. The van der Waals surface area contributed by atoms with Gasteiger partial charge in [-0.1, -0.05) is 31.9 Å². The topological polar surface area (TPSA) is 166 Å². The molecule has 3 N–H and O–H groups in total. The molecule has 39 heavy (non-hydrogen) atoms. The number of allylic oxidation sites excluding steroid dienone is 1. The van der Waals surface area contributed by atoms with E-state index in [4.69, 9.17) is 18.9 Å². The molecule has 2 heterocycles. The monoisotopic (exact) mass is 548 g/mol. The summed E-state index contributed by atoms with van der Waals surface area (Å²) in [4.78, 5) is 52.6. The Morgan fingerprint density at radius 2 is 1.82 bits per heavy atom. The lowest BCUT2D eigenvalue weighted by molar-refractivity contribution is -0.277. The Morgan fingerprint density at radius 3 is 2.44 bits per heavy atom. The molecule has 10 atom stereocenters. The molecule has 0 radical (unpaired) electrons. The van der Waals surface area contributed by atoms with Crippen molar-refractivity contribution in [1.29, 1.82) is 0 Å². The van der Waals surface area contributed by atoms with Gasteiger partial charge in [0.05, 0.1) is 25.7 Å². The summed E-state index contributed by atoms with van der Waals surface area (Å²) in [7, 11) is 1.10. The molecule has 4 fully saturated rings. The van der Waals surface area contributed by atoms with Gasteiger partial charge in [0.15, 0.2) is 5.78 Å². The summed E-state index contributed by atoms with van der Waals surface area (Å²) in [6, 6.07) is 0. The minimum absolute atomic E-state index is 0.0305. The first-order valence-electron chi connectivity index (χ1n) is 13.3. The van der Waals surface area contributed by atoms with Gasteiger partial charge in [0, 0.05) is 23.8 Å². The highest BCUT2D eigenvalue weighted by Crippen LogP contribution is 2.72. The van der Waals surface area contributed by atoms with Crippen LogP contribution in [0.5, 0.6) is 0 Å². The van der Waals surface area contributed by atoms with Crippen LogP contribution >= 0.6 is 0 Å². The molecule has 2 aliphatic heterocycles. The summed E-state index contributed by atoms with van der Waals surface area (Å²) in [5.74, 6) is -5.38. The highest BCUT2D eigenvalue weighted by Gasteiger charge is 2.84. The Labute approximate surface area is 226 Å². The van der Waals surface area contributed by atoms with E-state index in [0.717, 1.165) is 7.11 Å². The first kappa shape index (κ1) is 27.9. The predicted octanol–water partition coefficient (Wildman–Crippen LogP) is 0.382. The molecule has 0 unspecified atom stereocenters. The Hall–Kier alpha value is -2.60. The van der Waals surface area contributed by atoms with Crippen LogP contribution in [0.2, 0.25) is 0 Å². The largest absolute Gasteiger partial charge is 0.467 e. The van der Waals surface area contributed by atoms with E-state index in [0.29, 0.717) is 16.7 Å². The van der Waals surface area contributed by atoms with Crippen LogP contribution in [0.1, 0.15) is 47.5 Å². The predicted molar refractivity (Wildman–Crippen MR) is 132 cm³/mol. The first-order valence-corrected chi connectivity index (χ1v) is 13.3. The highest BCUT2D eigenvalue weighted by molar-refractivity contribution is 6.00. The van der Waals surface area contributed by atoms with Gasteiger partial charge in [-0.2, -0.15) is 0 Å². The normalized spacial score (nSPS) is 45.0. The minimum atomic E-state index is -2.22. The van der Waals surface area contributed by atoms with Crippen molar-refractivity contribution in [3.63, 3.8) is 0 Å². The van der Waals surface area contributed by atoms with Crippen LogP contribution in [-0.4, -0.2) is 88.8 Å². The second kappa shape index (κ2) is 8.95. The van der Waals surface area contributed by atoms with Crippen LogP contribution in [0.3, 0.4) is 0 Å². The maximum Gasteiger partial charge on any atom is 0.348 e. The number of ether oxygens (including phenoxy) is 4. The van der Waals surface area contributed by atoms with Crippen LogP contribution in [-0.2, 0) is 38.1 Å². The van der Waals surface area contributed by atoms with E-state index in [1.54, 1.807) is 20.8 Å². The van der Waals surface area contributed by atoms with Crippen molar-refractivity contribution in [2.45, 2.75) is 83.6 Å². The lowest BCUT2D eigenvalue weighted by Gasteiger charge is -2.66. The van der Waals surface area contributed by atoms with Gasteiger partial charge in [-0.3, -0.25) is 4.79 Å². The molecule has 0 aromatic heterocycles. The van der Waals surface area contributed by atoms with E-state index < -0.39 is 82.5 Å². The molecule has 0 aromatic rings. The van der Waals surface area contributed by atoms with Crippen LogP contribution < -0.4 is 0 Å².